The minimum atomic E-state index is -0.557. The van der Waals surface area contributed by atoms with E-state index in [1.165, 1.54) is 51.4 Å². The first kappa shape index (κ1) is 10.4. The standard InChI is InChI=1S/C15H22O2/c16-13(17)9-14(1-2-14)15-6-10-3-11(7-15)5-12(4-10)8-15/h10-12H,1-9H2,(H,16,17). The van der Waals surface area contributed by atoms with Crippen LogP contribution in [0.3, 0.4) is 0 Å². The normalized spacial score (nSPS) is 49.3. The summed E-state index contributed by atoms with van der Waals surface area (Å²) in [4.78, 5) is 11.1. The molecule has 0 aromatic carbocycles. The van der Waals surface area contributed by atoms with Crippen molar-refractivity contribution in [1.29, 1.82) is 0 Å². The lowest BCUT2D eigenvalue weighted by atomic mass is 9.45. The predicted molar refractivity (Wildman–Crippen MR) is 64.5 cm³/mol. The Labute approximate surface area is 103 Å². The molecule has 0 unspecified atom stereocenters. The summed E-state index contributed by atoms with van der Waals surface area (Å²) >= 11 is 0. The van der Waals surface area contributed by atoms with Gasteiger partial charge in [0.2, 0.25) is 0 Å². The van der Waals surface area contributed by atoms with Gasteiger partial charge in [0.25, 0.3) is 0 Å². The first-order chi connectivity index (χ1) is 8.11. The maximum absolute atomic E-state index is 11.1. The third-order valence-electron chi connectivity index (χ3n) is 6.51. The van der Waals surface area contributed by atoms with Crippen molar-refractivity contribution in [2.75, 3.05) is 0 Å². The van der Waals surface area contributed by atoms with Crippen LogP contribution in [0.5, 0.6) is 0 Å². The fraction of sp³-hybridized carbons (Fsp3) is 0.933. The highest BCUT2D eigenvalue weighted by Crippen LogP contribution is 2.74. The molecule has 5 saturated carbocycles. The van der Waals surface area contributed by atoms with E-state index in [-0.39, 0.29) is 5.41 Å². The lowest BCUT2D eigenvalue weighted by molar-refractivity contribution is -0.145. The number of carbonyl (C=O) groups is 1. The molecule has 0 aromatic rings. The van der Waals surface area contributed by atoms with E-state index < -0.39 is 5.97 Å². The van der Waals surface area contributed by atoms with Gasteiger partial charge in [-0.25, -0.2) is 0 Å². The monoisotopic (exact) mass is 234 g/mol. The Morgan fingerprint density at radius 2 is 1.47 bits per heavy atom. The maximum atomic E-state index is 11.1. The molecule has 4 bridgehead atoms. The average Bonchev–Trinajstić information content (AvgIpc) is 2.95. The van der Waals surface area contributed by atoms with Gasteiger partial charge in [-0.05, 0) is 80.0 Å². The molecule has 2 nitrogen and oxygen atoms in total. The Kier molecular flexibility index (Phi) is 1.88. The number of hydrogen-bond donors (Lipinski definition) is 1. The van der Waals surface area contributed by atoms with Crippen molar-refractivity contribution in [1.82, 2.24) is 0 Å². The number of carboxylic acids is 1. The van der Waals surface area contributed by atoms with Gasteiger partial charge in [0, 0.05) is 0 Å². The highest BCUT2D eigenvalue weighted by molar-refractivity contribution is 5.68. The van der Waals surface area contributed by atoms with Crippen LogP contribution in [0.4, 0.5) is 0 Å². The van der Waals surface area contributed by atoms with Crippen LogP contribution < -0.4 is 0 Å². The molecule has 17 heavy (non-hydrogen) atoms. The lowest BCUT2D eigenvalue weighted by Gasteiger charge is -2.60. The highest BCUT2D eigenvalue weighted by atomic mass is 16.4. The van der Waals surface area contributed by atoms with Gasteiger partial charge < -0.3 is 5.11 Å². The number of carboxylic acid groups (broad SMARTS) is 1. The summed E-state index contributed by atoms with van der Waals surface area (Å²) in [5, 5.41) is 9.19. The van der Waals surface area contributed by atoms with E-state index >= 15 is 0 Å². The predicted octanol–water partition coefficient (Wildman–Crippen LogP) is 3.46. The first-order valence-electron chi connectivity index (χ1n) is 7.33. The van der Waals surface area contributed by atoms with Gasteiger partial charge in [-0.15, -0.1) is 0 Å². The third-order valence-corrected chi connectivity index (χ3v) is 6.51. The zero-order valence-corrected chi connectivity index (χ0v) is 10.5. The third kappa shape index (κ3) is 1.36. The van der Waals surface area contributed by atoms with Crippen LogP contribution in [0.15, 0.2) is 0 Å². The molecule has 5 aliphatic carbocycles. The maximum Gasteiger partial charge on any atom is 0.303 e. The van der Waals surface area contributed by atoms with Crippen LogP contribution in [0.1, 0.15) is 57.8 Å². The summed E-state index contributed by atoms with van der Waals surface area (Å²) in [7, 11) is 0. The minimum Gasteiger partial charge on any atom is -0.481 e. The molecule has 0 spiro atoms. The second-order valence-corrected chi connectivity index (χ2v) is 7.55. The zero-order chi connectivity index (χ0) is 11.7. The molecule has 0 saturated heterocycles. The van der Waals surface area contributed by atoms with Crippen molar-refractivity contribution in [3.63, 3.8) is 0 Å². The van der Waals surface area contributed by atoms with Crippen LogP contribution in [-0.2, 0) is 4.79 Å². The van der Waals surface area contributed by atoms with Gasteiger partial charge in [-0.2, -0.15) is 0 Å². The van der Waals surface area contributed by atoms with Gasteiger partial charge in [-0.1, -0.05) is 0 Å². The first-order valence-corrected chi connectivity index (χ1v) is 7.33. The van der Waals surface area contributed by atoms with Crippen LogP contribution >= 0.6 is 0 Å². The van der Waals surface area contributed by atoms with Crippen LogP contribution in [0.2, 0.25) is 0 Å². The molecule has 1 N–H and O–H groups in total. The SMILES string of the molecule is O=C(O)CC1(C23CC4CC(CC(C4)C2)C3)CC1. The molecular formula is C15H22O2. The van der Waals surface area contributed by atoms with Gasteiger partial charge in [0.05, 0.1) is 6.42 Å². The molecule has 0 heterocycles. The van der Waals surface area contributed by atoms with Crippen molar-refractivity contribution < 1.29 is 9.90 Å². The largest absolute Gasteiger partial charge is 0.481 e. The Balaban J connectivity index is 1.66. The fourth-order valence-corrected chi connectivity index (χ4v) is 6.10. The number of aliphatic carboxylic acids is 1. The van der Waals surface area contributed by atoms with Crippen molar-refractivity contribution >= 4 is 5.97 Å². The average molecular weight is 234 g/mol. The smallest absolute Gasteiger partial charge is 0.303 e. The summed E-state index contributed by atoms with van der Waals surface area (Å²) in [5.41, 5.74) is 0.689. The van der Waals surface area contributed by atoms with Crippen molar-refractivity contribution in [3.8, 4) is 0 Å². The number of hydrogen-bond acceptors (Lipinski definition) is 1. The molecule has 0 amide bonds. The van der Waals surface area contributed by atoms with Crippen LogP contribution in [0.25, 0.3) is 0 Å². The molecule has 0 aromatic heterocycles. The molecular weight excluding hydrogens is 212 g/mol. The van der Waals surface area contributed by atoms with E-state index in [0.717, 1.165) is 17.8 Å². The molecule has 2 heteroatoms. The van der Waals surface area contributed by atoms with Gasteiger partial charge in [-0.3, -0.25) is 4.79 Å². The zero-order valence-electron chi connectivity index (χ0n) is 10.5. The van der Waals surface area contributed by atoms with E-state index in [2.05, 4.69) is 0 Å². The Morgan fingerprint density at radius 3 is 1.82 bits per heavy atom. The lowest BCUT2D eigenvalue weighted by Crippen LogP contribution is -2.50. The topological polar surface area (TPSA) is 37.3 Å². The Hall–Kier alpha value is -0.530. The molecule has 0 aliphatic heterocycles. The number of rotatable bonds is 3. The molecule has 5 rings (SSSR count). The van der Waals surface area contributed by atoms with Gasteiger partial charge >= 0.3 is 5.97 Å². The van der Waals surface area contributed by atoms with E-state index in [9.17, 15) is 9.90 Å². The van der Waals surface area contributed by atoms with E-state index in [0.29, 0.717) is 11.8 Å². The molecule has 5 aliphatic rings. The van der Waals surface area contributed by atoms with Gasteiger partial charge in [0.1, 0.15) is 0 Å². The Morgan fingerprint density at radius 1 is 1.00 bits per heavy atom. The van der Waals surface area contributed by atoms with Gasteiger partial charge in [0.15, 0.2) is 0 Å². The second-order valence-electron chi connectivity index (χ2n) is 7.55. The van der Waals surface area contributed by atoms with Crippen LogP contribution in [-0.4, -0.2) is 11.1 Å². The minimum absolute atomic E-state index is 0.231. The fourth-order valence-electron chi connectivity index (χ4n) is 6.10. The van der Waals surface area contributed by atoms with E-state index in [1.807, 2.05) is 0 Å². The summed E-state index contributed by atoms with van der Waals surface area (Å²) in [5.74, 6) is 2.30. The van der Waals surface area contributed by atoms with Crippen molar-refractivity contribution in [3.05, 3.63) is 0 Å². The van der Waals surface area contributed by atoms with Crippen molar-refractivity contribution in [2.24, 2.45) is 28.6 Å². The van der Waals surface area contributed by atoms with Crippen LogP contribution in [0, 0.1) is 28.6 Å². The highest BCUT2D eigenvalue weighted by Gasteiger charge is 2.65. The molecule has 0 radical (unpaired) electrons. The molecule has 94 valence electrons. The summed E-state index contributed by atoms with van der Waals surface area (Å²) in [6.45, 7) is 0. The second kappa shape index (κ2) is 3.07. The summed E-state index contributed by atoms with van der Waals surface area (Å²) < 4.78 is 0. The van der Waals surface area contributed by atoms with E-state index in [4.69, 9.17) is 0 Å². The van der Waals surface area contributed by atoms with Crippen molar-refractivity contribution in [2.45, 2.75) is 57.8 Å². The van der Waals surface area contributed by atoms with E-state index in [1.54, 1.807) is 0 Å². The molecule has 0 atom stereocenters. The summed E-state index contributed by atoms with van der Waals surface area (Å²) in [6, 6.07) is 0. The quantitative estimate of drug-likeness (QED) is 0.812. The summed E-state index contributed by atoms with van der Waals surface area (Å²) in [6.07, 6.45) is 11.3. The Bertz CT molecular complexity index is 332. The molecule has 5 fully saturated rings.